The van der Waals surface area contributed by atoms with Gasteiger partial charge in [0, 0.05) is 18.9 Å². The van der Waals surface area contributed by atoms with Crippen molar-refractivity contribution < 1.29 is 13.9 Å². The van der Waals surface area contributed by atoms with Crippen LogP contribution < -0.4 is 4.74 Å². The molecule has 2 rings (SSSR count). The first-order valence-electron chi connectivity index (χ1n) is 6.32. The van der Waals surface area contributed by atoms with Crippen LogP contribution in [0.5, 0.6) is 5.75 Å². The molecule has 2 nitrogen and oxygen atoms in total. The van der Waals surface area contributed by atoms with Crippen LogP contribution >= 0.6 is 0 Å². The van der Waals surface area contributed by atoms with Crippen molar-refractivity contribution in [3.8, 4) is 5.75 Å². The van der Waals surface area contributed by atoms with E-state index < -0.39 is 0 Å². The maximum atomic E-state index is 13.2. The fourth-order valence-electron chi connectivity index (χ4n) is 2.09. The summed E-state index contributed by atoms with van der Waals surface area (Å²) in [4.78, 5) is 0. The van der Waals surface area contributed by atoms with E-state index in [4.69, 9.17) is 9.47 Å². The van der Waals surface area contributed by atoms with Crippen LogP contribution in [0, 0.1) is 5.82 Å². The molecule has 94 valence electrons. The van der Waals surface area contributed by atoms with Crippen molar-refractivity contribution in [3.05, 3.63) is 29.6 Å². The zero-order chi connectivity index (χ0) is 12.1. The molecule has 1 aromatic rings. The third-order valence-corrected chi connectivity index (χ3v) is 3.01. The van der Waals surface area contributed by atoms with Gasteiger partial charge in [-0.15, -0.1) is 0 Å². The highest BCUT2D eigenvalue weighted by Gasteiger charge is 2.17. The van der Waals surface area contributed by atoms with Gasteiger partial charge in [-0.05, 0) is 18.1 Å². The third-order valence-electron chi connectivity index (χ3n) is 3.01. The van der Waals surface area contributed by atoms with Gasteiger partial charge in [0.1, 0.15) is 17.7 Å². The fraction of sp³-hybridized carbons (Fsp3) is 0.571. The first-order chi connectivity index (χ1) is 8.29. The molecule has 0 aromatic heterocycles. The van der Waals surface area contributed by atoms with Crippen molar-refractivity contribution in [2.75, 3.05) is 13.2 Å². The van der Waals surface area contributed by atoms with Crippen LogP contribution in [0.3, 0.4) is 0 Å². The van der Waals surface area contributed by atoms with E-state index in [-0.39, 0.29) is 11.9 Å². The van der Waals surface area contributed by atoms with E-state index in [0.29, 0.717) is 5.75 Å². The molecule has 1 aliphatic rings. The zero-order valence-electron chi connectivity index (χ0n) is 10.2. The maximum absolute atomic E-state index is 13.2. The van der Waals surface area contributed by atoms with Crippen molar-refractivity contribution in [2.24, 2.45) is 0 Å². The van der Waals surface area contributed by atoms with Crippen LogP contribution in [0.4, 0.5) is 4.39 Å². The average Bonchev–Trinajstić information content (AvgIpc) is 2.34. The van der Waals surface area contributed by atoms with Crippen LogP contribution in [0.15, 0.2) is 18.2 Å². The van der Waals surface area contributed by atoms with Crippen molar-refractivity contribution in [1.82, 2.24) is 0 Å². The highest BCUT2D eigenvalue weighted by atomic mass is 19.1. The molecule has 0 unspecified atom stereocenters. The van der Waals surface area contributed by atoms with Crippen LogP contribution in [0.25, 0.3) is 0 Å². The molecular formula is C14H19FO2. The van der Waals surface area contributed by atoms with Gasteiger partial charge in [0.05, 0.1) is 13.2 Å². The largest absolute Gasteiger partial charge is 0.490 e. The first kappa shape index (κ1) is 12.4. The van der Waals surface area contributed by atoms with Crippen LogP contribution in [-0.4, -0.2) is 19.3 Å². The summed E-state index contributed by atoms with van der Waals surface area (Å²) in [5.41, 5.74) is 1.10. The van der Waals surface area contributed by atoms with Gasteiger partial charge in [-0.3, -0.25) is 0 Å². The quantitative estimate of drug-likeness (QED) is 0.801. The molecule has 0 amide bonds. The van der Waals surface area contributed by atoms with Gasteiger partial charge in [-0.2, -0.15) is 0 Å². The highest BCUT2D eigenvalue weighted by molar-refractivity contribution is 5.34. The number of rotatable bonds is 4. The summed E-state index contributed by atoms with van der Waals surface area (Å²) in [5.74, 6) is 0.477. The molecule has 17 heavy (non-hydrogen) atoms. The number of benzene rings is 1. The Labute approximate surface area is 102 Å². The second-order valence-electron chi connectivity index (χ2n) is 4.43. The van der Waals surface area contributed by atoms with E-state index in [1.54, 1.807) is 0 Å². The van der Waals surface area contributed by atoms with Crippen LogP contribution in [0.1, 0.15) is 31.7 Å². The Morgan fingerprint density at radius 3 is 2.82 bits per heavy atom. The Bertz CT molecular complexity index is 359. The average molecular weight is 238 g/mol. The van der Waals surface area contributed by atoms with E-state index in [1.807, 2.05) is 6.07 Å². The van der Waals surface area contributed by atoms with Gasteiger partial charge < -0.3 is 9.47 Å². The predicted molar refractivity (Wildman–Crippen MR) is 64.9 cm³/mol. The standard InChI is InChI=1S/C14H19FO2/c1-2-3-11-4-5-12(15)10-14(11)17-13-6-8-16-9-7-13/h4-5,10,13H,2-3,6-9H2,1H3. The minimum Gasteiger partial charge on any atom is -0.490 e. The number of aryl methyl sites for hydroxylation is 1. The molecule has 0 aliphatic carbocycles. The van der Waals surface area contributed by atoms with Crippen LogP contribution in [0.2, 0.25) is 0 Å². The summed E-state index contributed by atoms with van der Waals surface area (Å²) < 4.78 is 24.4. The molecule has 3 heteroatoms. The Hall–Kier alpha value is -1.09. The van der Waals surface area contributed by atoms with Gasteiger partial charge in [0.2, 0.25) is 0 Å². The summed E-state index contributed by atoms with van der Waals surface area (Å²) in [6.07, 6.45) is 3.92. The molecule has 0 spiro atoms. The summed E-state index contributed by atoms with van der Waals surface area (Å²) in [6, 6.07) is 4.83. The lowest BCUT2D eigenvalue weighted by Crippen LogP contribution is -2.26. The summed E-state index contributed by atoms with van der Waals surface area (Å²) in [7, 11) is 0. The van der Waals surface area contributed by atoms with Crippen molar-refractivity contribution >= 4 is 0 Å². The minimum absolute atomic E-state index is 0.168. The lowest BCUT2D eigenvalue weighted by Gasteiger charge is -2.24. The zero-order valence-corrected chi connectivity index (χ0v) is 10.2. The number of hydrogen-bond donors (Lipinski definition) is 0. The second-order valence-corrected chi connectivity index (χ2v) is 4.43. The predicted octanol–water partition coefficient (Wildman–Crippen LogP) is 3.34. The molecule has 0 atom stereocenters. The summed E-state index contributed by atoms with van der Waals surface area (Å²) in [5, 5.41) is 0. The lowest BCUT2D eigenvalue weighted by atomic mass is 10.1. The Morgan fingerprint density at radius 1 is 1.35 bits per heavy atom. The molecule has 1 heterocycles. The Kier molecular flexibility index (Phi) is 4.37. The molecule has 1 aromatic carbocycles. The van der Waals surface area contributed by atoms with Gasteiger partial charge in [0.15, 0.2) is 0 Å². The van der Waals surface area contributed by atoms with Crippen LogP contribution in [-0.2, 0) is 11.2 Å². The topological polar surface area (TPSA) is 18.5 Å². The normalized spacial score (nSPS) is 17.1. The van der Waals surface area contributed by atoms with E-state index in [0.717, 1.165) is 44.5 Å². The van der Waals surface area contributed by atoms with Crippen molar-refractivity contribution in [1.29, 1.82) is 0 Å². The van der Waals surface area contributed by atoms with Gasteiger partial charge in [-0.1, -0.05) is 19.4 Å². The van der Waals surface area contributed by atoms with E-state index >= 15 is 0 Å². The molecule has 0 bridgehead atoms. The Morgan fingerprint density at radius 2 is 2.12 bits per heavy atom. The number of halogens is 1. The molecular weight excluding hydrogens is 219 g/mol. The molecule has 0 radical (unpaired) electrons. The van der Waals surface area contributed by atoms with Crippen molar-refractivity contribution in [3.63, 3.8) is 0 Å². The molecule has 0 N–H and O–H groups in total. The third kappa shape index (κ3) is 3.43. The number of hydrogen-bond acceptors (Lipinski definition) is 2. The highest BCUT2D eigenvalue weighted by Crippen LogP contribution is 2.25. The second kappa shape index (κ2) is 6.01. The SMILES string of the molecule is CCCc1ccc(F)cc1OC1CCOCC1. The minimum atomic E-state index is -0.230. The smallest absolute Gasteiger partial charge is 0.126 e. The van der Waals surface area contributed by atoms with E-state index in [1.165, 1.54) is 12.1 Å². The molecule has 0 saturated carbocycles. The fourth-order valence-corrected chi connectivity index (χ4v) is 2.09. The molecule has 1 aliphatic heterocycles. The van der Waals surface area contributed by atoms with E-state index in [9.17, 15) is 4.39 Å². The molecule has 1 saturated heterocycles. The monoisotopic (exact) mass is 238 g/mol. The van der Waals surface area contributed by atoms with Gasteiger partial charge in [0.25, 0.3) is 0 Å². The maximum Gasteiger partial charge on any atom is 0.126 e. The molecule has 1 fully saturated rings. The van der Waals surface area contributed by atoms with E-state index in [2.05, 4.69) is 6.92 Å². The first-order valence-corrected chi connectivity index (χ1v) is 6.32. The number of ether oxygens (including phenoxy) is 2. The van der Waals surface area contributed by atoms with Crippen molar-refractivity contribution in [2.45, 2.75) is 38.7 Å². The Balaban J connectivity index is 2.08. The lowest BCUT2D eigenvalue weighted by molar-refractivity contribution is 0.0251. The summed E-state index contributed by atoms with van der Waals surface area (Å²) in [6.45, 7) is 3.59. The van der Waals surface area contributed by atoms with Gasteiger partial charge in [-0.25, -0.2) is 4.39 Å². The summed E-state index contributed by atoms with van der Waals surface area (Å²) >= 11 is 0. The van der Waals surface area contributed by atoms with Gasteiger partial charge >= 0.3 is 0 Å².